The Morgan fingerprint density at radius 3 is 2.52 bits per heavy atom. The summed E-state index contributed by atoms with van der Waals surface area (Å²) in [7, 11) is 0. The van der Waals surface area contributed by atoms with Crippen molar-refractivity contribution in [2.75, 3.05) is 0 Å². The van der Waals surface area contributed by atoms with Crippen LogP contribution in [0.4, 0.5) is 8.78 Å². The van der Waals surface area contributed by atoms with Crippen molar-refractivity contribution in [3.8, 4) is 0 Å². The summed E-state index contributed by atoms with van der Waals surface area (Å²) in [6.45, 7) is 0.0632. The van der Waals surface area contributed by atoms with Gasteiger partial charge in [-0.3, -0.25) is 0 Å². The van der Waals surface area contributed by atoms with Gasteiger partial charge in [0.1, 0.15) is 16.8 Å². The Hall–Kier alpha value is -1.91. The number of aromatic nitrogens is 1. The zero-order valence-corrected chi connectivity index (χ0v) is 11.7. The van der Waals surface area contributed by atoms with Crippen LogP contribution in [0.2, 0.25) is 5.15 Å². The van der Waals surface area contributed by atoms with Crippen molar-refractivity contribution in [3.63, 3.8) is 0 Å². The average molecular weight is 308 g/mol. The van der Waals surface area contributed by atoms with E-state index in [0.29, 0.717) is 28.2 Å². The van der Waals surface area contributed by atoms with E-state index in [4.69, 9.17) is 11.6 Å². The van der Waals surface area contributed by atoms with Gasteiger partial charge in [-0.25, -0.2) is 8.78 Å². The van der Waals surface area contributed by atoms with E-state index in [2.05, 4.69) is 0 Å². The number of hydrogen-bond donors (Lipinski definition) is 1. The van der Waals surface area contributed by atoms with E-state index in [9.17, 15) is 13.9 Å². The molecular weight excluding hydrogens is 296 g/mol. The molecule has 5 heteroatoms. The van der Waals surface area contributed by atoms with Crippen LogP contribution in [0, 0.1) is 11.6 Å². The number of hydrogen-bond acceptors (Lipinski definition) is 1. The number of rotatable bonds is 3. The molecule has 0 aliphatic carbocycles. The van der Waals surface area contributed by atoms with Crippen LogP contribution in [-0.4, -0.2) is 9.67 Å². The van der Waals surface area contributed by atoms with Crippen molar-refractivity contribution in [1.82, 2.24) is 4.57 Å². The molecule has 0 radical (unpaired) electrons. The van der Waals surface area contributed by atoms with Crippen molar-refractivity contribution in [2.45, 2.75) is 13.2 Å². The Bertz CT molecular complexity index is 813. The fourth-order valence-corrected chi connectivity index (χ4v) is 2.80. The Balaban J connectivity index is 2.16. The molecule has 2 nitrogen and oxygen atoms in total. The first kappa shape index (κ1) is 14.0. The van der Waals surface area contributed by atoms with E-state index in [1.807, 2.05) is 0 Å². The van der Waals surface area contributed by atoms with E-state index in [1.54, 1.807) is 22.8 Å². The van der Waals surface area contributed by atoms with Gasteiger partial charge in [-0.1, -0.05) is 23.7 Å². The molecule has 0 unspecified atom stereocenters. The molecule has 0 saturated heterocycles. The molecule has 0 aliphatic heterocycles. The fraction of sp³-hybridized carbons (Fsp3) is 0.125. The van der Waals surface area contributed by atoms with Crippen LogP contribution in [0.1, 0.15) is 11.1 Å². The van der Waals surface area contributed by atoms with Gasteiger partial charge in [0.05, 0.1) is 12.1 Å². The molecule has 2 aromatic carbocycles. The van der Waals surface area contributed by atoms with Crippen LogP contribution in [-0.2, 0) is 13.2 Å². The normalized spacial score (nSPS) is 11.2. The highest BCUT2D eigenvalue weighted by Crippen LogP contribution is 2.31. The van der Waals surface area contributed by atoms with E-state index < -0.39 is 5.82 Å². The van der Waals surface area contributed by atoms with E-state index in [1.165, 1.54) is 24.3 Å². The molecule has 1 heterocycles. The van der Waals surface area contributed by atoms with Gasteiger partial charge in [-0.15, -0.1) is 0 Å². The van der Waals surface area contributed by atoms with Crippen LogP contribution in [0.3, 0.4) is 0 Å². The molecule has 1 aromatic heterocycles. The molecule has 0 aliphatic rings. The van der Waals surface area contributed by atoms with Gasteiger partial charge in [0.2, 0.25) is 0 Å². The van der Waals surface area contributed by atoms with E-state index >= 15 is 0 Å². The largest absolute Gasteiger partial charge is 0.392 e. The lowest BCUT2D eigenvalue weighted by molar-refractivity contribution is 0.283. The Labute approximate surface area is 125 Å². The summed E-state index contributed by atoms with van der Waals surface area (Å²) in [6.07, 6.45) is 0. The van der Waals surface area contributed by atoms with Crippen molar-refractivity contribution in [2.24, 2.45) is 0 Å². The standard InChI is InChI=1S/C16H12ClF2NO/c17-16-14(9-21)13-7-12(19)4-5-15(13)20(16)8-10-2-1-3-11(18)6-10/h1-7,21H,8-9H2. The lowest BCUT2D eigenvalue weighted by Crippen LogP contribution is -2.00. The van der Waals surface area contributed by atoms with Crippen molar-refractivity contribution >= 4 is 22.5 Å². The topological polar surface area (TPSA) is 25.2 Å². The summed E-state index contributed by atoms with van der Waals surface area (Å²) in [5.41, 5.74) is 1.92. The maximum Gasteiger partial charge on any atom is 0.123 e. The number of fused-ring (bicyclic) bond motifs is 1. The van der Waals surface area contributed by atoms with Crippen molar-refractivity contribution in [3.05, 3.63) is 70.4 Å². The minimum atomic E-state index is -0.392. The third-order valence-electron chi connectivity index (χ3n) is 3.45. The van der Waals surface area contributed by atoms with Crippen LogP contribution in [0.5, 0.6) is 0 Å². The van der Waals surface area contributed by atoms with Crippen molar-refractivity contribution in [1.29, 1.82) is 0 Å². The number of aliphatic hydroxyl groups excluding tert-OH is 1. The van der Waals surface area contributed by atoms with E-state index in [-0.39, 0.29) is 12.4 Å². The molecule has 0 spiro atoms. The highest BCUT2D eigenvalue weighted by atomic mass is 35.5. The smallest absolute Gasteiger partial charge is 0.123 e. The molecule has 0 saturated carbocycles. The third-order valence-corrected chi connectivity index (χ3v) is 3.88. The predicted molar refractivity (Wildman–Crippen MR) is 78.3 cm³/mol. The number of halogens is 3. The average Bonchev–Trinajstić information content (AvgIpc) is 2.70. The second-order valence-corrected chi connectivity index (χ2v) is 5.16. The van der Waals surface area contributed by atoms with Gasteiger partial charge in [-0.2, -0.15) is 0 Å². The Kier molecular flexibility index (Phi) is 3.66. The summed E-state index contributed by atoms with van der Waals surface area (Å²) >= 11 is 6.28. The summed E-state index contributed by atoms with van der Waals surface area (Å²) in [5.74, 6) is -0.717. The van der Waals surface area contributed by atoms with Gasteiger partial charge in [0.25, 0.3) is 0 Å². The van der Waals surface area contributed by atoms with Crippen LogP contribution in [0.25, 0.3) is 10.9 Å². The fourth-order valence-electron chi connectivity index (χ4n) is 2.49. The maximum absolute atomic E-state index is 13.4. The second-order valence-electron chi connectivity index (χ2n) is 4.81. The van der Waals surface area contributed by atoms with Crippen LogP contribution in [0.15, 0.2) is 42.5 Å². The molecule has 0 fully saturated rings. The summed E-state index contributed by atoms with van der Waals surface area (Å²) in [4.78, 5) is 0. The van der Waals surface area contributed by atoms with Crippen LogP contribution < -0.4 is 0 Å². The minimum absolute atomic E-state index is 0.283. The lowest BCUT2D eigenvalue weighted by Gasteiger charge is -2.08. The van der Waals surface area contributed by atoms with Gasteiger partial charge in [0.15, 0.2) is 0 Å². The summed E-state index contributed by atoms with van der Waals surface area (Å²) in [6, 6.07) is 10.5. The molecule has 1 N–H and O–H groups in total. The van der Waals surface area contributed by atoms with Gasteiger partial charge < -0.3 is 9.67 Å². The maximum atomic E-state index is 13.4. The van der Waals surface area contributed by atoms with Gasteiger partial charge >= 0.3 is 0 Å². The highest BCUT2D eigenvalue weighted by molar-refractivity contribution is 6.32. The van der Waals surface area contributed by atoms with E-state index in [0.717, 1.165) is 5.56 Å². The molecule has 3 aromatic rings. The minimum Gasteiger partial charge on any atom is -0.392 e. The zero-order valence-electron chi connectivity index (χ0n) is 11.0. The molecular formula is C16H12ClF2NO. The number of nitrogens with zero attached hydrogens (tertiary/aromatic N) is 1. The van der Waals surface area contributed by atoms with Crippen LogP contribution >= 0.6 is 11.6 Å². The summed E-state index contributed by atoms with van der Waals surface area (Å²) < 4.78 is 28.4. The Morgan fingerprint density at radius 1 is 1.05 bits per heavy atom. The molecule has 108 valence electrons. The van der Waals surface area contributed by atoms with Crippen molar-refractivity contribution < 1.29 is 13.9 Å². The SMILES string of the molecule is OCc1c(Cl)n(Cc2cccc(F)c2)c2ccc(F)cc12. The third kappa shape index (κ3) is 2.52. The monoisotopic (exact) mass is 307 g/mol. The quantitative estimate of drug-likeness (QED) is 0.774. The Morgan fingerprint density at radius 2 is 1.81 bits per heavy atom. The summed E-state index contributed by atoms with van der Waals surface area (Å²) in [5, 5.41) is 10.4. The molecule has 0 atom stereocenters. The molecule has 0 amide bonds. The first-order valence-corrected chi connectivity index (χ1v) is 6.79. The van der Waals surface area contributed by atoms with Gasteiger partial charge in [-0.05, 0) is 35.9 Å². The highest BCUT2D eigenvalue weighted by Gasteiger charge is 2.16. The molecule has 3 rings (SSSR count). The number of benzene rings is 2. The first-order valence-electron chi connectivity index (χ1n) is 6.41. The molecule has 21 heavy (non-hydrogen) atoms. The number of aliphatic hydroxyl groups is 1. The predicted octanol–water partition coefficient (Wildman–Crippen LogP) is 4.11. The lowest BCUT2D eigenvalue weighted by atomic mass is 10.2. The first-order chi connectivity index (χ1) is 10.1. The second kappa shape index (κ2) is 5.47. The van der Waals surface area contributed by atoms with Gasteiger partial charge in [0, 0.05) is 17.5 Å². The zero-order chi connectivity index (χ0) is 15.0. The molecule has 0 bridgehead atoms.